The highest BCUT2D eigenvalue weighted by Gasteiger charge is 2.13. The summed E-state index contributed by atoms with van der Waals surface area (Å²) in [6, 6.07) is 6.27. The Kier molecular flexibility index (Phi) is 3.67. The largest absolute Gasteiger partial charge is 0.489 e. The minimum absolute atomic E-state index is 0.679. The third-order valence-electron chi connectivity index (χ3n) is 2.63. The van der Waals surface area contributed by atoms with Gasteiger partial charge < -0.3 is 15.4 Å². The van der Waals surface area contributed by atoms with Crippen molar-refractivity contribution in [2.75, 3.05) is 25.0 Å². The first-order valence-electron chi connectivity index (χ1n) is 5.96. The van der Waals surface area contributed by atoms with Gasteiger partial charge in [0.25, 0.3) is 0 Å². The van der Waals surface area contributed by atoms with Gasteiger partial charge in [0.15, 0.2) is 0 Å². The average molecular weight is 220 g/mol. The molecule has 1 aliphatic heterocycles. The smallest absolute Gasteiger partial charge is 0.146 e. The maximum absolute atomic E-state index is 5.71. The fourth-order valence-electron chi connectivity index (χ4n) is 1.87. The van der Waals surface area contributed by atoms with Crippen molar-refractivity contribution in [2.24, 2.45) is 5.92 Å². The molecular formula is C13H20N2O. The molecule has 16 heavy (non-hydrogen) atoms. The second kappa shape index (κ2) is 5.21. The van der Waals surface area contributed by atoms with Crippen molar-refractivity contribution in [1.29, 1.82) is 0 Å². The Hall–Kier alpha value is -1.22. The van der Waals surface area contributed by atoms with Crippen LogP contribution in [0.4, 0.5) is 5.69 Å². The molecule has 1 heterocycles. The predicted molar refractivity (Wildman–Crippen MR) is 67.0 cm³/mol. The van der Waals surface area contributed by atoms with Gasteiger partial charge in [0.05, 0.1) is 5.69 Å². The molecule has 1 aliphatic rings. The Morgan fingerprint density at radius 3 is 3.12 bits per heavy atom. The molecule has 0 radical (unpaired) electrons. The molecule has 0 spiro atoms. The van der Waals surface area contributed by atoms with Gasteiger partial charge in [0.2, 0.25) is 0 Å². The van der Waals surface area contributed by atoms with E-state index in [9.17, 15) is 0 Å². The fourth-order valence-corrected chi connectivity index (χ4v) is 1.87. The van der Waals surface area contributed by atoms with E-state index in [4.69, 9.17) is 4.74 Å². The highest BCUT2D eigenvalue weighted by Crippen LogP contribution is 2.30. The lowest BCUT2D eigenvalue weighted by atomic mass is 10.1. The molecule has 0 aliphatic carbocycles. The second-order valence-electron chi connectivity index (χ2n) is 4.59. The summed E-state index contributed by atoms with van der Waals surface area (Å²) >= 11 is 0. The number of ether oxygens (including phenoxy) is 1. The number of anilines is 1. The van der Waals surface area contributed by atoms with Gasteiger partial charge in [-0.1, -0.05) is 26.0 Å². The highest BCUT2D eigenvalue weighted by atomic mass is 16.5. The van der Waals surface area contributed by atoms with Gasteiger partial charge in [0.1, 0.15) is 12.4 Å². The molecule has 0 bridgehead atoms. The van der Waals surface area contributed by atoms with Crippen LogP contribution in [0.15, 0.2) is 18.2 Å². The summed E-state index contributed by atoms with van der Waals surface area (Å²) in [6.45, 7) is 8.00. The first kappa shape index (κ1) is 11.3. The Morgan fingerprint density at radius 1 is 1.44 bits per heavy atom. The summed E-state index contributed by atoms with van der Waals surface area (Å²) in [4.78, 5) is 0. The van der Waals surface area contributed by atoms with Crippen LogP contribution < -0.4 is 15.4 Å². The van der Waals surface area contributed by atoms with E-state index < -0.39 is 0 Å². The molecule has 0 aromatic heterocycles. The first-order chi connectivity index (χ1) is 7.77. The maximum Gasteiger partial charge on any atom is 0.146 e. The molecular weight excluding hydrogens is 200 g/mol. The first-order valence-corrected chi connectivity index (χ1v) is 5.96. The number of nitrogens with one attached hydrogen (secondary N) is 2. The van der Waals surface area contributed by atoms with Gasteiger partial charge >= 0.3 is 0 Å². The van der Waals surface area contributed by atoms with Gasteiger partial charge in [-0.05, 0) is 18.5 Å². The van der Waals surface area contributed by atoms with Crippen molar-refractivity contribution in [2.45, 2.75) is 20.4 Å². The van der Waals surface area contributed by atoms with Gasteiger partial charge in [-0.25, -0.2) is 0 Å². The average Bonchev–Trinajstić information content (AvgIpc) is 2.29. The summed E-state index contributed by atoms with van der Waals surface area (Å²) in [6.07, 6.45) is 0. The van der Waals surface area contributed by atoms with Gasteiger partial charge in [-0.2, -0.15) is 0 Å². The molecule has 0 atom stereocenters. The van der Waals surface area contributed by atoms with E-state index in [2.05, 4.69) is 42.7 Å². The van der Waals surface area contributed by atoms with Crippen LogP contribution in [-0.2, 0) is 6.54 Å². The van der Waals surface area contributed by atoms with Crippen molar-refractivity contribution in [1.82, 2.24) is 5.32 Å². The molecule has 88 valence electrons. The molecule has 0 fully saturated rings. The van der Waals surface area contributed by atoms with E-state index >= 15 is 0 Å². The lowest BCUT2D eigenvalue weighted by Crippen LogP contribution is -2.22. The zero-order valence-corrected chi connectivity index (χ0v) is 10.0. The van der Waals surface area contributed by atoms with Crippen molar-refractivity contribution in [3.63, 3.8) is 0 Å². The Labute approximate surface area is 97.2 Å². The summed E-state index contributed by atoms with van der Waals surface area (Å²) in [5, 5.41) is 6.79. The second-order valence-corrected chi connectivity index (χ2v) is 4.59. The van der Waals surface area contributed by atoms with E-state index in [0.717, 1.165) is 37.7 Å². The summed E-state index contributed by atoms with van der Waals surface area (Å²) in [5.41, 5.74) is 2.36. The molecule has 1 aromatic rings. The van der Waals surface area contributed by atoms with Crippen LogP contribution in [0.25, 0.3) is 0 Å². The topological polar surface area (TPSA) is 33.3 Å². The number of para-hydroxylation sites is 1. The predicted octanol–water partition coefficient (Wildman–Crippen LogP) is 2.24. The van der Waals surface area contributed by atoms with Crippen molar-refractivity contribution in [3.8, 4) is 5.75 Å². The van der Waals surface area contributed by atoms with Crippen LogP contribution in [-0.4, -0.2) is 19.7 Å². The third kappa shape index (κ3) is 2.67. The molecule has 1 aromatic carbocycles. The Balaban J connectivity index is 2.03. The molecule has 3 nitrogen and oxygen atoms in total. The number of hydrogen-bond donors (Lipinski definition) is 2. The Morgan fingerprint density at radius 2 is 2.31 bits per heavy atom. The van der Waals surface area contributed by atoms with Crippen LogP contribution in [0, 0.1) is 5.92 Å². The minimum atomic E-state index is 0.679. The lowest BCUT2D eigenvalue weighted by Gasteiger charge is -2.22. The SMILES string of the molecule is CC(C)CNCc1cccc2c1OCCN2. The van der Waals surface area contributed by atoms with Crippen LogP contribution in [0.5, 0.6) is 5.75 Å². The normalized spacial score (nSPS) is 14.2. The molecule has 2 rings (SSSR count). The van der Waals surface area contributed by atoms with Crippen LogP contribution >= 0.6 is 0 Å². The number of fused-ring (bicyclic) bond motifs is 1. The van der Waals surface area contributed by atoms with Crippen LogP contribution in [0.3, 0.4) is 0 Å². The molecule has 0 saturated carbocycles. The van der Waals surface area contributed by atoms with Crippen LogP contribution in [0.1, 0.15) is 19.4 Å². The molecule has 0 amide bonds. The quantitative estimate of drug-likeness (QED) is 0.816. The fraction of sp³-hybridized carbons (Fsp3) is 0.538. The van der Waals surface area contributed by atoms with Gasteiger partial charge in [-0.15, -0.1) is 0 Å². The van der Waals surface area contributed by atoms with E-state index in [0.29, 0.717) is 5.92 Å². The zero-order chi connectivity index (χ0) is 11.4. The third-order valence-corrected chi connectivity index (χ3v) is 2.63. The standard InChI is InChI=1S/C13H20N2O/c1-10(2)8-14-9-11-4-3-5-12-13(11)16-7-6-15-12/h3-5,10,14-15H,6-9H2,1-2H3. The van der Waals surface area contributed by atoms with E-state index in [-0.39, 0.29) is 0 Å². The molecule has 0 unspecified atom stereocenters. The molecule has 2 N–H and O–H groups in total. The van der Waals surface area contributed by atoms with E-state index in [1.807, 2.05) is 0 Å². The number of hydrogen-bond acceptors (Lipinski definition) is 3. The number of rotatable bonds is 4. The summed E-state index contributed by atoms with van der Waals surface area (Å²) in [5.74, 6) is 1.70. The monoisotopic (exact) mass is 220 g/mol. The van der Waals surface area contributed by atoms with E-state index in [1.165, 1.54) is 5.56 Å². The zero-order valence-electron chi connectivity index (χ0n) is 10.0. The highest BCUT2D eigenvalue weighted by molar-refractivity contribution is 5.61. The van der Waals surface area contributed by atoms with Gasteiger partial charge in [-0.3, -0.25) is 0 Å². The Bertz CT molecular complexity index is 350. The summed E-state index contributed by atoms with van der Waals surface area (Å²) in [7, 11) is 0. The maximum atomic E-state index is 5.71. The van der Waals surface area contributed by atoms with E-state index in [1.54, 1.807) is 0 Å². The molecule has 0 saturated heterocycles. The molecule has 3 heteroatoms. The van der Waals surface area contributed by atoms with Crippen molar-refractivity contribution >= 4 is 5.69 Å². The van der Waals surface area contributed by atoms with Gasteiger partial charge in [0, 0.05) is 18.7 Å². The van der Waals surface area contributed by atoms with Crippen molar-refractivity contribution in [3.05, 3.63) is 23.8 Å². The lowest BCUT2D eigenvalue weighted by molar-refractivity contribution is 0.318. The number of benzene rings is 1. The van der Waals surface area contributed by atoms with Crippen LogP contribution in [0.2, 0.25) is 0 Å². The summed E-state index contributed by atoms with van der Waals surface area (Å²) < 4.78 is 5.71. The van der Waals surface area contributed by atoms with Crippen molar-refractivity contribution < 1.29 is 4.74 Å². The minimum Gasteiger partial charge on any atom is -0.489 e.